The molecular weight excluding hydrogens is 122 g/mol. The fourth-order valence-electron chi connectivity index (χ4n) is 0.796. The van der Waals surface area contributed by atoms with Gasteiger partial charge in [-0.05, 0) is 31.5 Å². The Balaban J connectivity index is 3.74. The van der Waals surface area contributed by atoms with Crippen LogP contribution in [0, 0.1) is 5.41 Å². The molecule has 0 heterocycles. The standard InChI is InChI=1S/C9H17N/c1-5-6-9(2,3)7-8-10-4/h6,10H,1,7-8H2,2-4H3. The average Bonchev–Trinajstić information content (AvgIpc) is 1.84. The third-order valence-corrected chi connectivity index (χ3v) is 1.51. The molecule has 0 aliphatic rings. The molecule has 0 saturated heterocycles. The van der Waals surface area contributed by atoms with Gasteiger partial charge in [0.1, 0.15) is 0 Å². The molecule has 0 atom stereocenters. The van der Waals surface area contributed by atoms with Crippen molar-refractivity contribution in [3.05, 3.63) is 18.4 Å². The van der Waals surface area contributed by atoms with Gasteiger partial charge in [-0.1, -0.05) is 20.4 Å². The lowest BCUT2D eigenvalue weighted by Gasteiger charge is -2.17. The number of hydrogen-bond acceptors (Lipinski definition) is 1. The number of hydrogen-bond donors (Lipinski definition) is 1. The van der Waals surface area contributed by atoms with Crippen molar-refractivity contribution >= 4 is 0 Å². The number of rotatable bonds is 4. The molecule has 0 aromatic carbocycles. The lowest BCUT2D eigenvalue weighted by molar-refractivity contribution is 0.430. The van der Waals surface area contributed by atoms with E-state index >= 15 is 0 Å². The fraction of sp³-hybridized carbons (Fsp3) is 0.667. The van der Waals surface area contributed by atoms with E-state index < -0.39 is 0 Å². The molecular formula is C9H17N. The second kappa shape index (κ2) is 4.32. The number of allylic oxidation sites excluding steroid dienone is 1. The van der Waals surface area contributed by atoms with Crippen LogP contribution in [0.2, 0.25) is 0 Å². The average molecular weight is 139 g/mol. The molecule has 10 heavy (non-hydrogen) atoms. The van der Waals surface area contributed by atoms with Crippen molar-refractivity contribution in [3.63, 3.8) is 0 Å². The van der Waals surface area contributed by atoms with Crippen molar-refractivity contribution in [3.8, 4) is 0 Å². The SMILES string of the molecule is C=C=CC(C)(C)CCNC. The molecule has 1 N–H and O–H groups in total. The van der Waals surface area contributed by atoms with Gasteiger partial charge in [-0.25, -0.2) is 0 Å². The maximum atomic E-state index is 3.55. The molecule has 0 spiro atoms. The summed E-state index contributed by atoms with van der Waals surface area (Å²) in [4.78, 5) is 0. The van der Waals surface area contributed by atoms with E-state index in [1.165, 1.54) is 0 Å². The molecule has 0 fully saturated rings. The van der Waals surface area contributed by atoms with Crippen molar-refractivity contribution in [2.45, 2.75) is 20.3 Å². The largest absolute Gasteiger partial charge is 0.320 e. The minimum Gasteiger partial charge on any atom is -0.320 e. The maximum absolute atomic E-state index is 3.55. The van der Waals surface area contributed by atoms with Crippen LogP contribution in [0.3, 0.4) is 0 Å². The summed E-state index contributed by atoms with van der Waals surface area (Å²) in [5, 5.41) is 3.11. The first-order chi connectivity index (χ1) is 4.62. The molecule has 1 nitrogen and oxygen atoms in total. The van der Waals surface area contributed by atoms with Crippen LogP contribution in [-0.2, 0) is 0 Å². The second-order valence-corrected chi connectivity index (χ2v) is 3.19. The summed E-state index contributed by atoms with van der Waals surface area (Å²) in [6.07, 6.45) is 3.15. The maximum Gasteiger partial charge on any atom is -0.00436 e. The van der Waals surface area contributed by atoms with Gasteiger partial charge < -0.3 is 5.32 Å². The first kappa shape index (κ1) is 9.48. The smallest absolute Gasteiger partial charge is 0.00436 e. The Labute approximate surface area is 63.8 Å². The molecule has 0 aromatic rings. The zero-order valence-electron chi connectivity index (χ0n) is 7.20. The van der Waals surface area contributed by atoms with Gasteiger partial charge in [-0.2, -0.15) is 0 Å². The predicted octanol–water partition coefficient (Wildman–Crippen LogP) is 1.96. The van der Waals surface area contributed by atoms with Crippen LogP contribution in [0.15, 0.2) is 18.4 Å². The highest BCUT2D eigenvalue weighted by molar-refractivity contribution is 4.91. The first-order valence-corrected chi connectivity index (χ1v) is 3.64. The van der Waals surface area contributed by atoms with E-state index in [1.54, 1.807) is 0 Å². The summed E-state index contributed by atoms with van der Waals surface area (Å²) >= 11 is 0. The van der Waals surface area contributed by atoms with E-state index in [4.69, 9.17) is 0 Å². The minimum atomic E-state index is 0.241. The van der Waals surface area contributed by atoms with Crippen LogP contribution in [0.25, 0.3) is 0 Å². The summed E-state index contributed by atoms with van der Waals surface area (Å²) in [6.45, 7) is 8.97. The van der Waals surface area contributed by atoms with E-state index in [-0.39, 0.29) is 5.41 Å². The topological polar surface area (TPSA) is 12.0 Å². The van der Waals surface area contributed by atoms with Crippen molar-refractivity contribution < 1.29 is 0 Å². The lowest BCUT2D eigenvalue weighted by Crippen LogP contribution is -2.17. The van der Waals surface area contributed by atoms with Gasteiger partial charge in [0.15, 0.2) is 0 Å². The van der Waals surface area contributed by atoms with Crippen LogP contribution in [-0.4, -0.2) is 13.6 Å². The summed E-state index contributed by atoms with van der Waals surface area (Å²) in [5.74, 6) is 0. The second-order valence-electron chi connectivity index (χ2n) is 3.19. The first-order valence-electron chi connectivity index (χ1n) is 3.64. The molecule has 0 aliphatic heterocycles. The van der Waals surface area contributed by atoms with E-state index in [2.05, 4.69) is 31.5 Å². The Hall–Kier alpha value is -0.520. The van der Waals surface area contributed by atoms with Crippen LogP contribution in [0.5, 0.6) is 0 Å². The van der Waals surface area contributed by atoms with Crippen molar-refractivity contribution in [2.24, 2.45) is 5.41 Å². The molecule has 1 heteroatoms. The molecule has 58 valence electrons. The Bertz CT molecular complexity index is 130. The molecule has 0 rings (SSSR count). The normalized spacial score (nSPS) is 10.7. The third kappa shape index (κ3) is 4.37. The van der Waals surface area contributed by atoms with Gasteiger partial charge in [0, 0.05) is 0 Å². The molecule has 0 bridgehead atoms. The summed E-state index contributed by atoms with van der Waals surface area (Å²) in [7, 11) is 1.97. The Morgan fingerprint density at radius 1 is 1.60 bits per heavy atom. The summed E-state index contributed by atoms with van der Waals surface area (Å²) < 4.78 is 0. The van der Waals surface area contributed by atoms with Gasteiger partial charge >= 0.3 is 0 Å². The summed E-state index contributed by atoms with van der Waals surface area (Å²) in [6, 6.07) is 0. The highest BCUT2D eigenvalue weighted by atomic mass is 14.8. The molecule has 0 aliphatic carbocycles. The highest BCUT2D eigenvalue weighted by Gasteiger charge is 2.11. The number of nitrogens with one attached hydrogen (secondary N) is 1. The Kier molecular flexibility index (Phi) is 4.10. The highest BCUT2D eigenvalue weighted by Crippen LogP contribution is 2.20. The van der Waals surface area contributed by atoms with Gasteiger partial charge in [0.2, 0.25) is 0 Å². The quantitative estimate of drug-likeness (QED) is 0.587. The summed E-state index contributed by atoms with van der Waals surface area (Å²) in [5.41, 5.74) is 3.05. The van der Waals surface area contributed by atoms with E-state index in [0.717, 1.165) is 13.0 Å². The third-order valence-electron chi connectivity index (χ3n) is 1.51. The van der Waals surface area contributed by atoms with Crippen LogP contribution >= 0.6 is 0 Å². The zero-order valence-corrected chi connectivity index (χ0v) is 7.20. The van der Waals surface area contributed by atoms with E-state index in [1.807, 2.05) is 13.1 Å². The fourth-order valence-corrected chi connectivity index (χ4v) is 0.796. The van der Waals surface area contributed by atoms with Gasteiger partial charge in [-0.3, -0.25) is 0 Å². The van der Waals surface area contributed by atoms with E-state index in [9.17, 15) is 0 Å². The molecule has 0 radical (unpaired) electrons. The van der Waals surface area contributed by atoms with Crippen molar-refractivity contribution in [1.29, 1.82) is 0 Å². The van der Waals surface area contributed by atoms with Crippen molar-refractivity contribution in [2.75, 3.05) is 13.6 Å². The Morgan fingerprint density at radius 2 is 2.20 bits per heavy atom. The van der Waals surface area contributed by atoms with Gasteiger partial charge in [0.25, 0.3) is 0 Å². The van der Waals surface area contributed by atoms with Gasteiger partial charge in [-0.15, -0.1) is 5.73 Å². The van der Waals surface area contributed by atoms with E-state index in [0.29, 0.717) is 0 Å². The minimum absolute atomic E-state index is 0.241. The molecule has 0 unspecified atom stereocenters. The molecule has 0 saturated carbocycles. The molecule has 0 aromatic heterocycles. The Morgan fingerprint density at radius 3 is 2.60 bits per heavy atom. The lowest BCUT2D eigenvalue weighted by atomic mass is 9.89. The predicted molar refractivity (Wildman–Crippen MR) is 46.0 cm³/mol. The monoisotopic (exact) mass is 139 g/mol. The zero-order chi connectivity index (χ0) is 8.04. The van der Waals surface area contributed by atoms with Gasteiger partial charge in [0.05, 0.1) is 0 Å². The molecule has 0 amide bonds. The van der Waals surface area contributed by atoms with Crippen molar-refractivity contribution in [1.82, 2.24) is 5.32 Å². The van der Waals surface area contributed by atoms with Crippen LogP contribution in [0.4, 0.5) is 0 Å². The van der Waals surface area contributed by atoms with Crippen LogP contribution < -0.4 is 5.32 Å². The van der Waals surface area contributed by atoms with Crippen LogP contribution in [0.1, 0.15) is 20.3 Å².